The summed E-state index contributed by atoms with van der Waals surface area (Å²) in [7, 11) is 4.69. The van der Waals surface area contributed by atoms with Crippen LogP contribution in [-0.4, -0.2) is 44.5 Å². The lowest BCUT2D eigenvalue weighted by atomic mass is 9.92. The zero-order valence-corrected chi connectivity index (χ0v) is 21.4. The van der Waals surface area contributed by atoms with Crippen molar-refractivity contribution in [3.8, 4) is 23.0 Å². The van der Waals surface area contributed by atoms with E-state index in [1.54, 1.807) is 21.3 Å². The second-order valence-corrected chi connectivity index (χ2v) is 8.72. The number of methoxy groups -OCH3 is 3. The quantitative estimate of drug-likeness (QED) is 0.369. The number of hydrogen-bond acceptors (Lipinski definition) is 5. The summed E-state index contributed by atoms with van der Waals surface area (Å²) in [4.78, 5) is 1.96. The first-order valence-electron chi connectivity index (χ1n) is 11.5. The fraction of sp³-hybridized carbons (Fsp3) is 0.296. The van der Waals surface area contributed by atoms with Crippen LogP contribution in [0.5, 0.6) is 23.0 Å². The Morgan fingerprint density at radius 1 is 0.946 bits per heavy atom. The van der Waals surface area contributed by atoms with Crippen molar-refractivity contribution in [3.05, 3.63) is 77.4 Å². The van der Waals surface area contributed by atoms with Crippen LogP contribution in [0.3, 0.4) is 0 Å². The van der Waals surface area contributed by atoms with Crippen LogP contribution < -0.4 is 24.3 Å². The molecule has 1 atom stereocenters. The standard InChI is InChI=1S/C27H27F3N2O4S/c1-33-23-10-5-4-9-21(23)31-26(37)32-12-11-17-13-24(34-2)25(35-3)15-20(17)22(32)16-36-19-8-6-7-18(14-19)27(28,29)30/h4-10,13-15,22H,11-12,16H2,1-3H3,(H,31,37). The van der Waals surface area contributed by atoms with E-state index in [1.165, 1.54) is 12.1 Å². The summed E-state index contributed by atoms with van der Waals surface area (Å²) in [5.41, 5.74) is 1.84. The summed E-state index contributed by atoms with van der Waals surface area (Å²) >= 11 is 5.78. The Morgan fingerprint density at radius 3 is 2.35 bits per heavy atom. The number of thiocarbonyl (C=S) groups is 1. The Balaban J connectivity index is 1.66. The summed E-state index contributed by atoms with van der Waals surface area (Å²) in [6, 6.07) is 15.6. The maximum absolute atomic E-state index is 13.2. The normalized spacial score (nSPS) is 15.0. The van der Waals surface area contributed by atoms with Gasteiger partial charge in [-0.2, -0.15) is 13.2 Å². The molecule has 1 unspecified atom stereocenters. The van der Waals surface area contributed by atoms with Gasteiger partial charge in [-0.1, -0.05) is 18.2 Å². The number of nitrogens with one attached hydrogen (secondary N) is 1. The average Bonchev–Trinajstić information content (AvgIpc) is 2.90. The van der Waals surface area contributed by atoms with Crippen molar-refractivity contribution >= 4 is 23.0 Å². The number of nitrogens with zero attached hydrogens (tertiary/aromatic N) is 1. The summed E-state index contributed by atoms with van der Waals surface area (Å²) < 4.78 is 62.0. The van der Waals surface area contributed by atoms with Crippen LogP contribution in [0.25, 0.3) is 0 Å². The van der Waals surface area contributed by atoms with Crippen LogP contribution in [-0.2, 0) is 12.6 Å². The number of para-hydroxylation sites is 2. The van der Waals surface area contributed by atoms with E-state index in [1.807, 2.05) is 41.3 Å². The molecule has 1 N–H and O–H groups in total. The van der Waals surface area contributed by atoms with Gasteiger partial charge in [-0.15, -0.1) is 0 Å². The van der Waals surface area contributed by atoms with E-state index >= 15 is 0 Å². The number of anilines is 1. The van der Waals surface area contributed by atoms with Crippen LogP contribution in [0.2, 0.25) is 0 Å². The van der Waals surface area contributed by atoms with E-state index in [-0.39, 0.29) is 12.4 Å². The van der Waals surface area contributed by atoms with Crippen molar-refractivity contribution in [1.29, 1.82) is 0 Å². The van der Waals surface area contributed by atoms with E-state index in [0.717, 1.165) is 23.3 Å². The van der Waals surface area contributed by atoms with Gasteiger partial charge < -0.3 is 29.2 Å². The minimum atomic E-state index is -4.47. The molecule has 3 aromatic carbocycles. The highest BCUT2D eigenvalue weighted by molar-refractivity contribution is 7.80. The van der Waals surface area contributed by atoms with E-state index in [9.17, 15) is 13.2 Å². The molecule has 10 heteroatoms. The zero-order valence-electron chi connectivity index (χ0n) is 20.6. The molecule has 196 valence electrons. The maximum Gasteiger partial charge on any atom is 0.416 e. The lowest BCUT2D eigenvalue weighted by molar-refractivity contribution is -0.137. The number of ether oxygens (including phenoxy) is 4. The van der Waals surface area contributed by atoms with Crippen LogP contribution in [0.1, 0.15) is 22.7 Å². The zero-order chi connectivity index (χ0) is 26.6. The summed E-state index contributed by atoms with van der Waals surface area (Å²) in [5.74, 6) is 1.88. The largest absolute Gasteiger partial charge is 0.495 e. The van der Waals surface area contributed by atoms with Gasteiger partial charge in [0, 0.05) is 6.54 Å². The van der Waals surface area contributed by atoms with Gasteiger partial charge >= 0.3 is 6.18 Å². The molecular formula is C27H27F3N2O4S. The molecule has 0 radical (unpaired) electrons. The van der Waals surface area contributed by atoms with Gasteiger partial charge in [-0.25, -0.2) is 0 Å². The molecule has 37 heavy (non-hydrogen) atoms. The van der Waals surface area contributed by atoms with Gasteiger partial charge in [0.15, 0.2) is 16.6 Å². The molecule has 4 rings (SSSR count). The Kier molecular flexibility index (Phi) is 7.97. The third-order valence-electron chi connectivity index (χ3n) is 6.18. The predicted octanol–water partition coefficient (Wildman–Crippen LogP) is 6.11. The molecule has 0 aromatic heterocycles. The minimum absolute atomic E-state index is 0.0531. The molecule has 0 fully saturated rings. The monoisotopic (exact) mass is 532 g/mol. The SMILES string of the molecule is COc1ccccc1NC(=S)N1CCc2cc(OC)c(OC)cc2C1COc1cccc(C(F)(F)F)c1. The Morgan fingerprint density at radius 2 is 1.65 bits per heavy atom. The van der Waals surface area contributed by atoms with E-state index in [0.29, 0.717) is 41.0 Å². The van der Waals surface area contributed by atoms with Crippen molar-refractivity contribution in [2.24, 2.45) is 0 Å². The summed E-state index contributed by atoms with van der Waals surface area (Å²) in [6.07, 6.45) is -3.80. The molecule has 1 aliphatic rings. The fourth-order valence-corrected chi connectivity index (χ4v) is 4.65. The first-order valence-corrected chi connectivity index (χ1v) is 11.9. The third-order valence-corrected chi connectivity index (χ3v) is 6.52. The molecule has 0 aliphatic carbocycles. The smallest absolute Gasteiger partial charge is 0.416 e. The summed E-state index contributed by atoms with van der Waals surface area (Å²) in [6.45, 7) is 0.609. The van der Waals surface area contributed by atoms with Crippen molar-refractivity contribution in [3.63, 3.8) is 0 Å². The number of rotatable bonds is 7. The second-order valence-electron chi connectivity index (χ2n) is 8.33. The molecule has 0 saturated carbocycles. The molecule has 1 aliphatic heterocycles. The van der Waals surface area contributed by atoms with E-state index in [2.05, 4.69) is 5.32 Å². The minimum Gasteiger partial charge on any atom is -0.495 e. The van der Waals surface area contributed by atoms with Crippen molar-refractivity contribution < 1.29 is 32.1 Å². The van der Waals surface area contributed by atoms with Gasteiger partial charge in [0.2, 0.25) is 0 Å². The van der Waals surface area contributed by atoms with Crippen LogP contribution in [0.15, 0.2) is 60.7 Å². The van der Waals surface area contributed by atoms with E-state index < -0.39 is 17.8 Å². The first-order chi connectivity index (χ1) is 17.7. The molecule has 0 spiro atoms. The topological polar surface area (TPSA) is 52.2 Å². The average molecular weight is 533 g/mol. The van der Waals surface area contributed by atoms with Crippen LogP contribution in [0, 0.1) is 0 Å². The number of fused-ring (bicyclic) bond motifs is 1. The van der Waals surface area contributed by atoms with Crippen LogP contribution >= 0.6 is 12.2 Å². The molecular weight excluding hydrogens is 505 g/mol. The Bertz CT molecular complexity index is 1270. The third kappa shape index (κ3) is 5.85. The lowest BCUT2D eigenvalue weighted by Gasteiger charge is -2.39. The maximum atomic E-state index is 13.2. The first kappa shape index (κ1) is 26.4. The number of alkyl halides is 3. The Hall–Kier alpha value is -3.66. The van der Waals surface area contributed by atoms with Crippen LogP contribution in [0.4, 0.5) is 18.9 Å². The highest BCUT2D eigenvalue weighted by Gasteiger charge is 2.33. The van der Waals surface area contributed by atoms with Crippen molar-refractivity contribution in [2.45, 2.75) is 18.6 Å². The van der Waals surface area contributed by atoms with Gasteiger partial charge in [0.1, 0.15) is 18.1 Å². The second kappa shape index (κ2) is 11.2. The highest BCUT2D eigenvalue weighted by atomic mass is 32.1. The van der Waals surface area contributed by atoms with Crippen molar-refractivity contribution in [1.82, 2.24) is 4.90 Å². The molecule has 0 amide bonds. The van der Waals surface area contributed by atoms with Gasteiger partial charge in [-0.05, 0) is 72.2 Å². The fourth-order valence-electron chi connectivity index (χ4n) is 4.32. The van der Waals surface area contributed by atoms with E-state index in [4.69, 9.17) is 31.2 Å². The highest BCUT2D eigenvalue weighted by Crippen LogP contribution is 2.39. The Labute approximate surface area is 218 Å². The summed E-state index contributed by atoms with van der Waals surface area (Å²) in [5, 5.41) is 3.68. The number of hydrogen-bond donors (Lipinski definition) is 1. The molecule has 6 nitrogen and oxygen atoms in total. The number of halogens is 3. The molecule has 1 heterocycles. The van der Waals surface area contributed by atoms with Gasteiger partial charge in [0.05, 0.1) is 38.6 Å². The van der Waals surface area contributed by atoms with Gasteiger partial charge in [-0.3, -0.25) is 0 Å². The molecule has 3 aromatic rings. The number of benzene rings is 3. The molecule has 0 bridgehead atoms. The van der Waals surface area contributed by atoms with Crippen molar-refractivity contribution in [2.75, 3.05) is 39.8 Å². The lowest BCUT2D eigenvalue weighted by Crippen LogP contribution is -2.44. The predicted molar refractivity (Wildman–Crippen MR) is 139 cm³/mol. The van der Waals surface area contributed by atoms with Gasteiger partial charge in [0.25, 0.3) is 0 Å². The molecule has 0 saturated heterocycles.